The van der Waals surface area contributed by atoms with E-state index in [0.29, 0.717) is 6.54 Å². The molecule has 1 N–H and O–H groups in total. The van der Waals surface area contributed by atoms with Crippen molar-refractivity contribution in [1.29, 1.82) is 0 Å². The van der Waals surface area contributed by atoms with E-state index < -0.39 is 0 Å². The van der Waals surface area contributed by atoms with E-state index in [1.54, 1.807) is 11.3 Å². The Hall–Kier alpha value is -1.20. The minimum atomic E-state index is -0.00341. The Balaban J connectivity index is 2.07. The molecule has 5 heteroatoms. The van der Waals surface area contributed by atoms with Crippen molar-refractivity contribution in [2.24, 2.45) is 0 Å². The number of benzene rings is 1. The van der Waals surface area contributed by atoms with Crippen LogP contribution in [0.1, 0.15) is 15.6 Å². The maximum Gasteiger partial charge on any atom is 0.290 e. The number of hydrogen-bond acceptors (Lipinski definition) is 2. The molecule has 1 amide bonds. The number of aryl methyl sites for hydroxylation is 2. The molecule has 0 radical (unpaired) electrons. The molecule has 0 spiro atoms. The van der Waals surface area contributed by atoms with E-state index in [4.69, 9.17) is 0 Å². The molecule has 0 fully saturated rings. The van der Waals surface area contributed by atoms with E-state index in [9.17, 15) is 4.79 Å². The van der Waals surface area contributed by atoms with Crippen molar-refractivity contribution in [3.8, 4) is 0 Å². The fourth-order valence-corrected chi connectivity index (χ4v) is 3.16. The Morgan fingerprint density at radius 2 is 1.89 bits per heavy atom. The zero-order valence-corrected chi connectivity index (χ0v) is 13.6. The third kappa shape index (κ3) is 3.42. The van der Waals surface area contributed by atoms with Crippen LogP contribution in [0.25, 0.3) is 0 Å². The minimum Gasteiger partial charge on any atom is -0.321 e. The smallest absolute Gasteiger partial charge is 0.290 e. The number of rotatable bonds is 3. The zero-order chi connectivity index (χ0) is 14.0. The van der Waals surface area contributed by atoms with Gasteiger partial charge in [0.05, 0.1) is 4.88 Å². The highest BCUT2D eigenvalue weighted by molar-refractivity contribution is 9.10. The van der Waals surface area contributed by atoms with E-state index in [-0.39, 0.29) is 5.91 Å². The summed E-state index contributed by atoms with van der Waals surface area (Å²) in [5.41, 5.74) is 1.98. The Bertz CT molecular complexity index is 605. The number of carbonyl (C=O) groups excluding carboxylic acids is 1. The molecule has 1 aromatic carbocycles. The third-order valence-electron chi connectivity index (χ3n) is 3.02. The number of carbonyl (C=O) groups is 1. The number of thiazole rings is 1. The van der Waals surface area contributed by atoms with E-state index in [2.05, 4.69) is 28.2 Å². The molecule has 0 saturated heterocycles. The Morgan fingerprint density at radius 1 is 1.26 bits per heavy atom. The van der Waals surface area contributed by atoms with Crippen molar-refractivity contribution < 1.29 is 9.36 Å². The molecule has 0 atom stereocenters. The minimum absolute atomic E-state index is 0.00341. The first kappa shape index (κ1) is 14.2. The predicted molar refractivity (Wildman–Crippen MR) is 81.5 cm³/mol. The predicted octanol–water partition coefficient (Wildman–Crippen LogP) is 3.36. The summed E-state index contributed by atoms with van der Waals surface area (Å²) >= 11 is 5.09. The van der Waals surface area contributed by atoms with Crippen molar-refractivity contribution in [3.63, 3.8) is 0 Å². The van der Waals surface area contributed by atoms with Crippen molar-refractivity contribution in [2.45, 2.75) is 27.3 Å². The third-order valence-corrected chi connectivity index (χ3v) is 4.67. The van der Waals surface area contributed by atoms with Crippen LogP contribution >= 0.6 is 27.3 Å². The van der Waals surface area contributed by atoms with Crippen LogP contribution in [0.5, 0.6) is 0 Å². The molecule has 1 heterocycles. The number of nitrogens with zero attached hydrogens (tertiary/aromatic N) is 1. The first-order valence-electron chi connectivity index (χ1n) is 5.99. The van der Waals surface area contributed by atoms with Crippen molar-refractivity contribution in [2.75, 3.05) is 5.32 Å². The Labute approximate surface area is 125 Å². The first-order chi connectivity index (χ1) is 8.97. The van der Waals surface area contributed by atoms with Gasteiger partial charge in [-0.2, -0.15) is 4.57 Å². The van der Waals surface area contributed by atoms with Gasteiger partial charge in [0.2, 0.25) is 11.6 Å². The lowest BCUT2D eigenvalue weighted by Gasteiger charge is -2.03. The zero-order valence-electron chi connectivity index (χ0n) is 11.2. The van der Waals surface area contributed by atoms with Gasteiger partial charge in [-0.15, -0.1) is 0 Å². The summed E-state index contributed by atoms with van der Waals surface area (Å²) in [4.78, 5) is 13.3. The van der Waals surface area contributed by atoms with E-state index in [1.165, 1.54) is 4.88 Å². The van der Waals surface area contributed by atoms with Crippen LogP contribution in [0, 0.1) is 20.8 Å². The van der Waals surface area contributed by atoms with Crippen molar-refractivity contribution in [3.05, 3.63) is 44.3 Å². The molecule has 0 aliphatic carbocycles. The fourth-order valence-electron chi connectivity index (χ4n) is 1.88. The van der Waals surface area contributed by atoms with E-state index >= 15 is 0 Å². The summed E-state index contributed by atoms with van der Waals surface area (Å²) in [6.45, 7) is 6.53. The van der Waals surface area contributed by atoms with Crippen LogP contribution in [-0.4, -0.2) is 5.91 Å². The van der Waals surface area contributed by atoms with Gasteiger partial charge in [0, 0.05) is 24.0 Å². The maximum absolute atomic E-state index is 12.0. The molecule has 3 nitrogen and oxygen atoms in total. The number of aromatic nitrogens is 1. The highest BCUT2D eigenvalue weighted by Crippen LogP contribution is 2.15. The van der Waals surface area contributed by atoms with Gasteiger partial charge in [0.1, 0.15) is 0 Å². The average molecular weight is 340 g/mol. The second kappa shape index (κ2) is 5.84. The normalized spacial score (nSPS) is 10.5. The SMILES string of the molecule is Cc1sc(C)[n+](CC(=O)Nc2ccc(Br)cc2)c1C. The lowest BCUT2D eigenvalue weighted by molar-refractivity contribution is -0.691. The van der Waals surface area contributed by atoms with Crippen molar-refractivity contribution >= 4 is 38.9 Å². The topological polar surface area (TPSA) is 33.0 Å². The number of hydrogen-bond donors (Lipinski definition) is 1. The molecular formula is C14H16BrN2OS+. The second-order valence-corrected chi connectivity index (χ2v) is 6.73. The monoisotopic (exact) mass is 339 g/mol. The standard InChI is InChI=1S/C14H15BrN2OS/c1-9-10(2)19-11(3)17(9)8-14(18)16-13-6-4-12(15)5-7-13/h4-7H,8H2,1-3H3/p+1. The summed E-state index contributed by atoms with van der Waals surface area (Å²) in [6, 6.07) is 7.58. The van der Waals surface area contributed by atoms with E-state index in [1.807, 2.05) is 42.7 Å². The van der Waals surface area contributed by atoms with Crippen LogP contribution in [-0.2, 0) is 11.3 Å². The molecular weight excluding hydrogens is 324 g/mol. The Morgan fingerprint density at radius 3 is 2.42 bits per heavy atom. The lowest BCUT2D eigenvalue weighted by atomic mass is 10.3. The van der Waals surface area contributed by atoms with Gasteiger partial charge in [-0.3, -0.25) is 4.79 Å². The van der Waals surface area contributed by atoms with Gasteiger partial charge < -0.3 is 5.32 Å². The number of halogens is 1. The second-order valence-electron chi connectivity index (χ2n) is 4.40. The molecule has 0 bridgehead atoms. The van der Waals surface area contributed by atoms with Gasteiger partial charge >= 0.3 is 0 Å². The molecule has 0 unspecified atom stereocenters. The Kier molecular flexibility index (Phi) is 4.37. The fraction of sp³-hybridized carbons (Fsp3) is 0.286. The van der Waals surface area contributed by atoms with E-state index in [0.717, 1.165) is 20.9 Å². The van der Waals surface area contributed by atoms with Gasteiger partial charge in [-0.25, -0.2) is 0 Å². The van der Waals surface area contributed by atoms with Crippen LogP contribution in [0.3, 0.4) is 0 Å². The molecule has 0 aliphatic rings. The number of amides is 1. The van der Waals surface area contributed by atoms with Crippen molar-refractivity contribution in [1.82, 2.24) is 0 Å². The summed E-state index contributed by atoms with van der Waals surface area (Å²) in [6.07, 6.45) is 0. The van der Waals surface area contributed by atoms with Gasteiger partial charge in [0.25, 0.3) is 5.91 Å². The van der Waals surface area contributed by atoms with Gasteiger partial charge in [-0.1, -0.05) is 27.3 Å². The quantitative estimate of drug-likeness (QED) is 0.854. The summed E-state index contributed by atoms with van der Waals surface area (Å²) in [5.74, 6) is -0.00341. The first-order valence-corrected chi connectivity index (χ1v) is 7.60. The van der Waals surface area contributed by atoms with Crippen LogP contribution in [0.4, 0.5) is 5.69 Å². The molecule has 1 aromatic heterocycles. The van der Waals surface area contributed by atoms with Crippen LogP contribution in [0.15, 0.2) is 28.7 Å². The van der Waals surface area contributed by atoms with Crippen LogP contribution in [0.2, 0.25) is 0 Å². The molecule has 0 saturated carbocycles. The molecule has 19 heavy (non-hydrogen) atoms. The van der Waals surface area contributed by atoms with Gasteiger partial charge in [0.15, 0.2) is 5.69 Å². The molecule has 0 aliphatic heterocycles. The number of anilines is 1. The summed E-state index contributed by atoms with van der Waals surface area (Å²) < 4.78 is 3.05. The van der Waals surface area contributed by atoms with Crippen LogP contribution < -0.4 is 9.88 Å². The molecule has 2 aromatic rings. The number of nitrogens with one attached hydrogen (secondary N) is 1. The van der Waals surface area contributed by atoms with Gasteiger partial charge in [-0.05, 0) is 31.2 Å². The molecule has 100 valence electrons. The highest BCUT2D eigenvalue weighted by atomic mass is 79.9. The lowest BCUT2D eigenvalue weighted by Crippen LogP contribution is -2.43. The largest absolute Gasteiger partial charge is 0.321 e. The summed E-state index contributed by atoms with van der Waals surface area (Å²) in [7, 11) is 0. The maximum atomic E-state index is 12.0. The average Bonchev–Trinajstić information content (AvgIpc) is 2.59. The molecule has 2 rings (SSSR count). The summed E-state index contributed by atoms with van der Waals surface area (Å²) in [5, 5.41) is 4.06. The highest BCUT2D eigenvalue weighted by Gasteiger charge is 2.20.